The SMILES string of the molecule is C=C/C(=C\C(C)=C(\C)CC)N(C1=C2C=C/C3=C/C=C(/N(/C=C/C=C\c4coc(C)c4/C=C\C=C\C)C4=CC(C)=C(CC)CC(C)=C4)C4C=CC(=C2C(C3)C4)C=CC1)c1cccc2c(/C=C\C=C(C)C)c(C)oc12.CC. The van der Waals surface area contributed by atoms with Crippen LogP contribution in [0.15, 0.2) is 240 Å². The first-order valence-corrected chi connectivity index (χ1v) is 27.5. The van der Waals surface area contributed by atoms with E-state index in [0.717, 1.165) is 89.1 Å². The zero-order chi connectivity index (χ0) is 53.8. The van der Waals surface area contributed by atoms with E-state index in [0.29, 0.717) is 0 Å². The summed E-state index contributed by atoms with van der Waals surface area (Å²) in [5.74, 6) is 2.19. The van der Waals surface area contributed by atoms with Gasteiger partial charge in [-0.1, -0.05) is 171 Å². The van der Waals surface area contributed by atoms with Gasteiger partial charge in [-0.25, -0.2) is 0 Å². The molecule has 0 aliphatic heterocycles. The molecule has 0 fully saturated rings. The topological polar surface area (TPSA) is 32.8 Å². The Hall–Kier alpha value is -7.30. The van der Waals surface area contributed by atoms with E-state index in [1.807, 2.05) is 52.2 Å². The molecule has 0 saturated heterocycles. The maximum atomic E-state index is 6.85. The van der Waals surface area contributed by atoms with Crippen LogP contribution in [0.4, 0.5) is 5.69 Å². The Morgan fingerprint density at radius 1 is 0.853 bits per heavy atom. The van der Waals surface area contributed by atoms with Crippen LogP contribution in [-0.4, -0.2) is 4.90 Å². The summed E-state index contributed by atoms with van der Waals surface area (Å²) in [5.41, 5.74) is 23.1. The maximum absolute atomic E-state index is 6.85. The number of rotatable bonds is 16. The van der Waals surface area contributed by atoms with Crippen LogP contribution in [0, 0.1) is 25.7 Å². The zero-order valence-corrected chi connectivity index (χ0v) is 47.4. The molecule has 3 bridgehead atoms. The van der Waals surface area contributed by atoms with E-state index in [9.17, 15) is 0 Å². The Morgan fingerprint density at radius 2 is 1.64 bits per heavy atom. The first-order chi connectivity index (χ1) is 36.3. The molecule has 0 saturated carbocycles. The van der Waals surface area contributed by atoms with Gasteiger partial charge in [0.25, 0.3) is 0 Å². The minimum absolute atomic E-state index is 0.134. The van der Waals surface area contributed by atoms with Crippen LogP contribution in [0.3, 0.4) is 0 Å². The van der Waals surface area contributed by atoms with Crippen molar-refractivity contribution < 1.29 is 8.83 Å². The first kappa shape index (κ1) is 55.5. The Balaban J connectivity index is 0.00000405. The average Bonchev–Trinajstić information content (AvgIpc) is 3.58. The van der Waals surface area contributed by atoms with Crippen molar-refractivity contribution in [2.24, 2.45) is 11.8 Å². The fraction of sp³-hybridized carbons (Fsp3) is 0.296. The highest BCUT2D eigenvalue weighted by Gasteiger charge is 2.35. The summed E-state index contributed by atoms with van der Waals surface area (Å²) in [4.78, 5) is 4.91. The summed E-state index contributed by atoms with van der Waals surface area (Å²) in [7, 11) is 0. The normalized spacial score (nSPS) is 20.6. The fourth-order valence-corrected chi connectivity index (χ4v) is 10.8. The lowest BCUT2D eigenvalue weighted by Crippen LogP contribution is -2.25. The van der Waals surface area contributed by atoms with Gasteiger partial charge < -0.3 is 18.6 Å². The quantitative estimate of drug-likeness (QED) is 0.134. The number of hydrogen-bond donors (Lipinski definition) is 0. The zero-order valence-electron chi connectivity index (χ0n) is 47.4. The molecule has 2 atom stereocenters. The first-order valence-electron chi connectivity index (χ1n) is 27.5. The molecule has 0 radical (unpaired) electrons. The largest absolute Gasteiger partial charge is 0.468 e. The van der Waals surface area contributed by atoms with Gasteiger partial charge in [0.1, 0.15) is 11.5 Å². The van der Waals surface area contributed by atoms with Crippen LogP contribution in [-0.2, 0) is 0 Å². The van der Waals surface area contributed by atoms with Gasteiger partial charge in [-0.2, -0.15) is 0 Å². The number of para-hydroxylation sites is 1. The summed E-state index contributed by atoms with van der Waals surface area (Å²) in [6, 6.07) is 6.59. The number of fused-ring (bicyclic) bond motifs is 3. The highest BCUT2D eigenvalue weighted by atomic mass is 16.3. The Labute approximate surface area is 451 Å². The molecule has 4 nitrogen and oxygen atoms in total. The summed E-state index contributed by atoms with van der Waals surface area (Å²) in [6.07, 6.45) is 59.3. The highest BCUT2D eigenvalue weighted by molar-refractivity contribution is 5.98. The molecule has 4 heteroatoms. The minimum Gasteiger partial charge on any atom is -0.468 e. The third-order valence-electron chi connectivity index (χ3n) is 15.0. The second-order valence-electron chi connectivity index (χ2n) is 20.4. The molecule has 2 unspecified atom stereocenters. The van der Waals surface area contributed by atoms with Crippen molar-refractivity contribution in [3.63, 3.8) is 0 Å². The van der Waals surface area contributed by atoms with Crippen LogP contribution >= 0.6 is 0 Å². The number of hydrogen-bond acceptors (Lipinski definition) is 4. The molecule has 2 aromatic heterocycles. The van der Waals surface area contributed by atoms with Gasteiger partial charge in [-0.3, -0.25) is 0 Å². The van der Waals surface area contributed by atoms with Crippen molar-refractivity contribution in [2.45, 2.75) is 129 Å². The Morgan fingerprint density at radius 3 is 2.39 bits per heavy atom. The minimum atomic E-state index is 0.134. The van der Waals surface area contributed by atoms with Gasteiger partial charge in [0, 0.05) is 63.4 Å². The molecule has 1 aromatic carbocycles. The van der Waals surface area contributed by atoms with Crippen molar-refractivity contribution in [1.29, 1.82) is 0 Å². The molecule has 75 heavy (non-hydrogen) atoms. The van der Waals surface area contributed by atoms with E-state index in [1.54, 1.807) is 0 Å². The van der Waals surface area contributed by atoms with Crippen molar-refractivity contribution in [3.8, 4) is 0 Å². The van der Waals surface area contributed by atoms with E-state index >= 15 is 0 Å². The summed E-state index contributed by atoms with van der Waals surface area (Å²) in [5, 5.41) is 1.09. The standard InChI is InChI=1S/C69H76N2O2.C2H6/c1-13-17-18-27-61-51(11)72-45-57(61)25-19-20-38-70(60-40-47(7)39-54(15-3)50(10)42-60)65-37-33-53-32-36-64-66(30-22-26-55-34-35-56(65)44-58(43-53)68(55)64)71(59(16-4)41-49(9)48(8)14-2)67-31-23-29-63-62(28-21-24-46(5)6)52(12)73-69(63)67;1-2/h13,16-29,31-38,40-42,45,56,58H,4,14-15,30,39,43-44H2,1-3,5-12H3;1-2H3/b17-13+,25-19-,27-18-,28-21-,38-20+,49-48-,53-33-,59-41+,65-37+;. The Bertz CT molecular complexity index is 3240. The van der Waals surface area contributed by atoms with Gasteiger partial charge >= 0.3 is 0 Å². The van der Waals surface area contributed by atoms with Crippen LogP contribution < -0.4 is 4.90 Å². The number of furan rings is 2. The Kier molecular flexibility index (Phi) is 19.1. The number of allylic oxidation sites excluding steroid dienone is 29. The van der Waals surface area contributed by atoms with Crippen LogP contribution in [0.5, 0.6) is 0 Å². The molecule has 3 aromatic rings. The van der Waals surface area contributed by atoms with E-state index in [2.05, 4.69) is 219 Å². The second-order valence-corrected chi connectivity index (χ2v) is 20.4. The van der Waals surface area contributed by atoms with Crippen molar-refractivity contribution in [1.82, 2.24) is 4.90 Å². The van der Waals surface area contributed by atoms with Crippen molar-refractivity contribution >= 4 is 34.9 Å². The average molecular weight is 995 g/mol. The van der Waals surface area contributed by atoms with Gasteiger partial charge in [0.2, 0.25) is 0 Å². The van der Waals surface area contributed by atoms with Crippen molar-refractivity contribution in [2.75, 3.05) is 4.90 Å². The molecule has 8 rings (SSSR count). The molecule has 5 aliphatic rings. The molecular weight excluding hydrogens is 913 g/mol. The van der Waals surface area contributed by atoms with Crippen LogP contribution in [0.1, 0.15) is 143 Å². The lowest BCUT2D eigenvalue weighted by molar-refractivity contribution is 0.436. The smallest absolute Gasteiger partial charge is 0.158 e. The van der Waals surface area contributed by atoms with Crippen LogP contribution in [0.25, 0.3) is 29.2 Å². The fourth-order valence-electron chi connectivity index (χ4n) is 10.8. The summed E-state index contributed by atoms with van der Waals surface area (Å²) >= 11 is 0. The molecule has 0 spiro atoms. The summed E-state index contributed by atoms with van der Waals surface area (Å²) < 4.78 is 12.7. The number of nitrogens with zero attached hydrogens (tertiary/aromatic N) is 2. The van der Waals surface area contributed by atoms with E-state index < -0.39 is 0 Å². The molecule has 388 valence electrons. The predicted octanol–water partition coefficient (Wildman–Crippen LogP) is 20.8. The lowest BCUT2D eigenvalue weighted by Gasteiger charge is -2.34. The third-order valence-corrected chi connectivity index (χ3v) is 15.0. The predicted molar refractivity (Wildman–Crippen MR) is 325 cm³/mol. The second kappa shape index (κ2) is 25.8. The van der Waals surface area contributed by atoms with E-state index in [-0.39, 0.29) is 11.8 Å². The van der Waals surface area contributed by atoms with Gasteiger partial charge in [0.05, 0.1) is 12.0 Å². The molecular formula is C71H82N2O2. The molecule has 0 amide bonds. The van der Waals surface area contributed by atoms with E-state index in [1.165, 1.54) is 72.8 Å². The molecule has 5 aliphatic carbocycles. The number of benzene rings is 1. The third kappa shape index (κ3) is 12.6. The number of aryl methyl sites for hydroxylation is 2. The van der Waals surface area contributed by atoms with E-state index in [4.69, 9.17) is 8.83 Å². The highest BCUT2D eigenvalue weighted by Crippen LogP contribution is 2.48. The summed E-state index contributed by atoms with van der Waals surface area (Å²) in [6.45, 7) is 32.4. The monoisotopic (exact) mass is 995 g/mol. The maximum Gasteiger partial charge on any atom is 0.158 e. The van der Waals surface area contributed by atoms with Gasteiger partial charge in [-0.15, -0.1) is 0 Å². The van der Waals surface area contributed by atoms with Gasteiger partial charge in [-0.05, 0) is 171 Å². The van der Waals surface area contributed by atoms with Crippen molar-refractivity contribution in [3.05, 3.63) is 259 Å². The van der Waals surface area contributed by atoms with Crippen LogP contribution in [0.2, 0.25) is 0 Å². The molecule has 0 N–H and O–H groups in total. The molecule has 2 heterocycles. The number of anilines is 1. The lowest BCUT2D eigenvalue weighted by atomic mass is 9.80. The van der Waals surface area contributed by atoms with Gasteiger partial charge in [0.15, 0.2) is 5.58 Å².